The molecule has 0 heterocycles. The molecule has 0 amide bonds. The van der Waals surface area contributed by atoms with Crippen LogP contribution in [-0.4, -0.2) is 63.9 Å². The zero-order valence-electron chi connectivity index (χ0n) is 11.7. The van der Waals surface area contributed by atoms with E-state index in [0.717, 1.165) is 0 Å². The summed E-state index contributed by atoms with van der Waals surface area (Å²) in [5.41, 5.74) is 0.398. The van der Waals surface area contributed by atoms with Gasteiger partial charge in [-0.2, -0.15) is 0 Å². The van der Waals surface area contributed by atoms with Gasteiger partial charge in [-0.25, -0.2) is 0 Å². The smallest absolute Gasteiger partial charge is 0.488 e. The van der Waals surface area contributed by atoms with Gasteiger partial charge in [0.25, 0.3) is 0 Å². The molecule has 1 aromatic rings. The average Bonchev–Trinajstić information content (AvgIpc) is 2.46. The maximum Gasteiger partial charge on any atom is 0.488 e. The Bertz CT molecular complexity index is 360. The van der Waals surface area contributed by atoms with Crippen LogP contribution in [-0.2, 0) is 14.2 Å². The largest absolute Gasteiger partial charge is 0.491 e. The van der Waals surface area contributed by atoms with E-state index in [9.17, 15) is 0 Å². The van der Waals surface area contributed by atoms with Crippen molar-refractivity contribution in [3.05, 3.63) is 24.3 Å². The SMILES string of the molecule is COCCOCCOCCOc1cccc(B(O)O)c1. The van der Waals surface area contributed by atoms with Crippen molar-refractivity contribution in [3.63, 3.8) is 0 Å². The summed E-state index contributed by atoms with van der Waals surface area (Å²) in [6, 6.07) is 6.65. The Morgan fingerprint density at radius 2 is 1.60 bits per heavy atom. The van der Waals surface area contributed by atoms with Gasteiger partial charge < -0.3 is 29.0 Å². The van der Waals surface area contributed by atoms with Crippen LogP contribution in [0.15, 0.2) is 24.3 Å². The molecule has 0 aliphatic heterocycles. The fourth-order valence-corrected chi connectivity index (χ4v) is 1.45. The van der Waals surface area contributed by atoms with Crippen LogP contribution in [0.5, 0.6) is 5.75 Å². The van der Waals surface area contributed by atoms with Gasteiger partial charge in [0.2, 0.25) is 0 Å². The van der Waals surface area contributed by atoms with Crippen molar-refractivity contribution < 1.29 is 29.0 Å². The normalized spacial score (nSPS) is 10.6. The minimum absolute atomic E-state index is 0.392. The van der Waals surface area contributed by atoms with Gasteiger partial charge in [0, 0.05) is 7.11 Å². The monoisotopic (exact) mass is 284 g/mol. The van der Waals surface area contributed by atoms with E-state index in [2.05, 4.69) is 0 Å². The Balaban J connectivity index is 2.05. The van der Waals surface area contributed by atoms with Crippen molar-refractivity contribution in [1.29, 1.82) is 0 Å². The number of methoxy groups -OCH3 is 1. The van der Waals surface area contributed by atoms with E-state index in [1.807, 2.05) is 0 Å². The highest BCUT2D eigenvalue weighted by Gasteiger charge is 2.10. The summed E-state index contributed by atoms with van der Waals surface area (Å²) in [5, 5.41) is 18.1. The van der Waals surface area contributed by atoms with Gasteiger partial charge in [0.1, 0.15) is 12.4 Å². The van der Waals surface area contributed by atoms with Gasteiger partial charge >= 0.3 is 7.12 Å². The molecule has 0 saturated carbocycles. The maximum absolute atomic E-state index is 9.03. The molecule has 20 heavy (non-hydrogen) atoms. The van der Waals surface area contributed by atoms with Crippen molar-refractivity contribution in [3.8, 4) is 5.75 Å². The first kappa shape index (κ1) is 16.9. The molecule has 0 spiro atoms. The van der Waals surface area contributed by atoms with Crippen LogP contribution in [0.4, 0.5) is 0 Å². The van der Waals surface area contributed by atoms with E-state index in [-0.39, 0.29) is 0 Å². The van der Waals surface area contributed by atoms with Gasteiger partial charge in [-0.3, -0.25) is 0 Å². The molecule has 0 aliphatic carbocycles. The number of ether oxygens (including phenoxy) is 4. The average molecular weight is 284 g/mol. The van der Waals surface area contributed by atoms with Crippen LogP contribution in [0.3, 0.4) is 0 Å². The maximum atomic E-state index is 9.03. The Kier molecular flexibility index (Phi) is 9.02. The topological polar surface area (TPSA) is 77.4 Å². The molecule has 0 unspecified atom stereocenters. The summed E-state index contributed by atoms with van der Waals surface area (Å²) in [6.07, 6.45) is 0. The third-order valence-electron chi connectivity index (χ3n) is 2.46. The Morgan fingerprint density at radius 3 is 2.25 bits per heavy atom. The molecule has 6 nitrogen and oxygen atoms in total. The molecule has 7 heteroatoms. The van der Waals surface area contributed by atoms with E-state index >= 15 is 0 Å². The van der Waals surface area contributed by atoms with Crippen LogP contribution >= 0.6 is 0 Å². The van der Waals surface area contributed by atoms with Crippen molar-refractivity contribution in [2.75, 3.05) is 46.8 Å². The molecule has 0 saturated heterocycles. The fourth-order valence-electron chi connectivity index (χ4n) is 1.45. The lowest BCUT2D eigenvalue weighted by atomic mass is 9.80. The van der Waals surface area contributed by atoms with Gasteiger partial charge in [-0.15, -0.1) is 0 Å². The minimum Gasteiger partial charge on any atom is -0.491 e. The summed E-state index contributed by atoms with van der Waals surface area (Å²) in [6.45, 7) is 3.00. The van der Waals surface area contributed by atoms with E-state index in [4.69, 9.17) is 29.0 Å². The number of hydrogen-bond acceptors (Lipinski definition) is 6. The molecule has 0 atom stereocenters. The fraction of sp³-hybridized carbons (Fsp3) is 0.538. The van der Waals surface area contributed by atoms with Crippen molar-refractivity contribution >= 4 is 12.6 Å². The van der Waals surface area contributed by atoms with E-state index in [0.29, 0.717) is 50.9 Å². The lowest BCUT2D eigenvalue weighted by Gasteiger charge is -2.08. The standard InChI is InChI=1S/C13H21BO6/c1-17-5-6-18-7-8-19-9-10-20-13-4-2-3-12(11-13)14(15)16/h2-4,11,15-16H,5-10H2,1H3. The quantitative estimate of drug-likeness (QED) is 0.418. The molecular formula is C13H21BO6. The lowest BCUT2D eigenvalue weighted by molar-refractivity contribution is 0.0180. The Hall–Kier alpha value is -1.12. The van der Waals surface area contributed by atoms with Crippen LogP contribution in [0.2, 0.25) is 0 Å². The third kappa shape index (κ3) is 7.47. The lowest BCUT2D eigenvalue weighted by Crippen LogP contribution is -2.29. The first-order valence-electron chi connectivity index (χ1n) is 6.47. The highest BCUT2D eigenvalue weighted by molar-refractivity contribution is 6.58. The minimum atomic E-state index is -1.49. The summed E-state index contributed by atoms with van der Waals surface area (Å²) in [5.74, 6) is 0.579. The van der Waals surface area contributed by atoms with Crippen molar-refractivity contribution in [1.82, 2.24) is 0 Å². The zero-order chi connectivity index (χ0) is 14.6. The number of hydrogen-bond donors (Lipinski definition) is 2. The van der Waals surface area contributed by atoms with Crippen LogP contribution in [0.25, 0.3) is 0 Å². The van der Waals surface area contributed by atoms with Gasteiger partial charge in [0.15, 0.2) is 0 Å². The molecule has 1 aromatic carbocycles. The first-order chi connectivity index (χ1) is 9.74. The second-order valence-corrected chi connectivity index (χ2v) is 4.01. The van der Waals surface area contributed by atoms with Gasteiger partial charge in [-0.05, 0) is 17.6 Å². The highest BCUT2D eigenvalue weighted by Crippen LogP contribution is 2.07. The van der Waals surface area contributed by atoms with E-state index in [1.54, 1.807) is 31.4 Å². The van der Waals surface area contributed by atoms with Crippen molar-refractivity contribution in [2.45, 2.75) is 0 Å². The van der Waals surface area contributed by atoms with Gasteiger partial charge in [0.05, 0.1) is 33.0 Å². The molecule has 0 aromatic heterocycles. The summed E-state index contributed by atoms with van der Waals surface area (Å²) in [4.78, 5) is 0. The Labute approximate surface area is 119 Å². The molecule has 0 bridgehead atoms. The van der Waals surface area contributed by atoms with E-state index < -0.39 is 7.12 Å². The van der Waals surface area contributed by atoms with Crippen LogP contribution < -0.4 is 10.2 Å². The zero-order valence-corrected chi connectivity index (χ0v) is 11.7. The van der Waals surface area contributed by atoms with Gasteiger partial charge in [-0.1, -0.05) is 12.1 Å². The van der Waals surface area contributed by atoms with E-state index in [1.165, 1.54) is 0 Å². The molecule has 0 fully saturated rings. The highest BCUT2D eigenvalue weighted by atomic mass is 16.6. The second-order valence-electron chi connectivity index (χ2n) is 4.01. The molecule has 112 valence electrons. The summed E-state index contributed by atoms with van der Waals surface area (Å²) < 4.78 is 20.8. The number of rotatable bonds is 11. The molecule has 2 N–H and O–H groups in total. The van der Waals surface area contributed by atoms with Crippen LogP contribution in [0, 0.1) is 0 Å². The number of benzene rings is 1. The predicted octanol–water partition coefficient (Wildman–Crippen LogP) is -0.575. The third-order valence-corrected chi connectivity index (χ3v) is 2.46. The molecule has 0 radical (unpaired) electrons. The predicted molar refractivity (Wildman–Crippen MR) is 75.3 cm³/mol. The van der Waals surface area contributed by atoms with Crippen LogP contribution in [0.1, 0.15) is 0 Å². The molecule has 0 aliphatic rings. The molecular weight excluding hydrogens is 263 g/mol. The van der Waals surface area contributed by atoms with Crippen molar-refractivity contribution in [2.24, 2.45) is 0 Å². The summed E-state index contributed by atoms with van der Waals surface area (Å²) >= 11 is 0. The first-order valence-corrected chi connectivity index (χ1v) is 6.47. The second kappa shape index (κ2) is 10.6. The summed E-state index contributed by atoms with van der Waals surface area (Å²) in [7, 11) is 0.140. The Morgan fingerprint density at radius 1 is 0.950 bits per heavy atom. The molecule has 1 rings (SSSR count).